The zero-order valence-corrected chi connectivity index (χ0v) is 19.0. The minimum Gasteiger partial charge on any atom is -0.459 e. The molecule has 2 amide bonds. The molecule has 170 valence electrons. The van der Waals surface area contributed by atoms with Crippen LogP contribution in [-0.4, -0.2) is 28.7 Å². The number of fused-ring (bicyclic) bond motifs is 2. The minimum atomic E-state index is -1.06. The predicted octanol–water partition coefficient (Wildman–Crippen LogP) is 4.16. The van der Waals surface area contributed by atoms with E-state index in [1.807, 2.05) is 39.8 Å². The van der Waals surface area contributed by atoms with Gasteiger partial charge in [-0.15, -0.1) is 0 Å². The van der Waals surface area contributed by atoms with Crippen LogP contribution in [0.25, 0.3) is 11.0 Å². The molecule has 0 aliphatic carbocycles. The average molecular weight is 447 g/mol. The fourth-order valence-corrected chi connectivity index (χ4v) is 4.13. The molecular formula is C26H25NO6. The van der Waals surface area contributed by atoms with Crippen molar-refractivity contribution in [1.82, 2.24) is 4.90 Å². The first-order valence-corrected chi connectivity index (χ1v) is 10.9. The van der Waals surface area contributed by atoms with Crippen LogP contribution in [0.3, 0.4) is 0 Å². The smallest absolute Gasteiger partial charge is 0.336 e. The van der Waals surface area contributed by atoms with Crippen molar-refractivity contribution in [2.75, 3.05) is 0 Å². The van der Waals surface area contributed by atoms with Crippen molar-refractivity contribution < 1.29 is 23.5 Å². The molecule has 1 unspecified atom stereocenters. The summed E-state index contributed by atoms with van der Waals surface area (Å²) in [6.07, 6.45) is 0.264. The van der Waals surface area contributed by atoms with Gasteiger partial charge in [0, 0.05) is 17.0 Å². The molecular weight excluding hydrogens is 422 g/mol. The largest absolute Gasteiger partial charge is 0.459 e. The van der Waals surface area contributed by atoms with E-state index >= 15 is 0 Å². The quantitative estimate of drug-likeness (QED) is 0.320. The fraction of sp³-hybridized carbons (Fsp3) is 0.308. The van der Waals surface area contributed by atoms with E-state index in [0.29, 0.717) is 16.5 Å². The molecule has 0 N–H and O–H groups in total. The molecule has 1 atom stereocenters. The molecule has 1 aliphatic heterocycles. The number of imide groups is 1. The van der Waals surface area contributed by atoms with E-state index in [1.54, 1.807) is 24.3 Å². The Hall–Kier alpha value is -3.74. The van der Waals surface area contributed by atoms with Gasteiger partial charge in [-0.2, -0.15) is 0 Å². The third kappa shape index (κ3) is 4.06. The lowest BCUT2D eigenvalue weighted by atomic mass is 10.0. The van der Waals surface area contributed by atoms with E-state index in [1.165, 1.54) is 6.07 Å². The average Bonchev–Trinajstić information content (AvgIpc) is 3.03. The molecule has 4 rings (SSSR count). The molecule has 0 saturated heterocycles. The summed E-state index contributed by atoms with van der Waals surface area (Å²) >= 11 is 0. The van der Waals surface area contributed by atoms with Crippen LogP contribution in [0.5, 0.6) is 0 Å². The van der Waals surface area contributed by atoms with Crippen molar-refractivity contribution in [3.63, 3.8) is 0 Å². The highest BCUT2D eigenvalue weighted by Gasteiger charge is 2.43. The number of hydrogen-bond donors (Lipinski definition) is 0. The highest BCUT2D eigenvalue weighted by molar-refractivity contribution is 6.22. The van der Waals surface area contributed by atoms with E-state index in [0.717, 1.165) is 16.0 Å². The molecule has 7 nitrogen and oxygen atoms in total. The molecule has 1 aliphatic rings. The molecule has 33 heavy (non-hydrogen) atoms. The first-order valence-electron chi connectivity index (χ1n) is 10.9. The van der Waals surface area contributed by atoms with Gasteiger partial charge in [-0.1, -0.05) is 38.1 Å². The van der Waals surface area contributed by atoms with Crippen molar-refractivity contribution in [1.29, 1.82) is 0 Å². The molecule has 2 heterocycles. The third-order valence-electron chi connectivity index (χ3n) is 5.99. The van der Waals surface area contributed by atoms with E-state index in [9.17, 15) is 19.2 Å². The molecule has 1 aromatic heterocycles. The van der Waals surface area contributed by atoms with Crippen LogP contribution in [0.1, 0.15) is 57.7 Å². The van der Waals surface area contributed by atoms with Crippen LogP contribution in [0.15, 0.2) is 51.7 Å². The van der Waals surface area contributed by atoms with Crippen molar-refractivity contribution in [2.45, 2.75) is 46.8 Å². The van der Waals surface area contributed by atoms with Crippen molar-refractivity contribution in [2.24, 2.45) is 5.92 Å². The molecule has 2 aromatic carbocycles. The Kier molecular flexibility index (Phi) is 5.89. The second-order valence-electron chi connectivity index (χ2n) is 8.75. The Morgan fingerprint density at radius 2 is 1.64 bits per heavy atom. The highest BCUT2D eigenvalue weighted by Crippen LogP contribution is 2.28. The van der Waals surface area contributed by atoms with Crippen LogP contribution in [0.2, 0.25) is 0 Å². The lowest BCUT2D eigenvalue weighted by Crippen LogP contribution is -2.46. The number of hydrogen-bond acceptors (Lipinski definition) is 6. The first kappa shape index (κ1) is 22.5. The monoisotopic (exact) mass is 447 g/mol. The van der Waals surface area contributed by atoms with Gasteiger partial charge in [0.25, 0.3) is 11.8 Å². The van der Waals surface area contributed by atoms with Gasteiger partial charge in [0.15, 0.2) is 0 Å². The van der Waals surface area contributed by atoms with Crippen molar-refractivity contribution >= 4 is 28.8 Å². The Morgan fingerprint density at radius 1 is 1.00 bits per heavy atom. The van der Waals surface area contributed by atoms with Gasteiger partial charge >= 0.3 is 11.6 Å². The normalized spacial score (nSPS) is 14.2. The second-order valence-corrected chi connectivity index (χ2v) is 8.75. The molecule has 3 aromatic rings. The second kappa shape index (κ2) is 8.65. The zero-order valence-electron chi connectivity index (χ0n) is 19.0. The fourth-order valence-electron chi connectivity index (χ4n) is 4.13. The number of nitrogens with zero attached hydrogens (tertiary/aromatic N) is 1. The molecule has 0 bridgehead atoms. The summed E-state index contributed by atoms with van der Waals surface area (Å²) in [5.74, 6) is -1.67. The maximum atomic E-state index is 13.2. The number of benzene rings is 2. The first-order chi connectivity index (χ1) is 15.7. The van der Waals surface area contributed by atoms with Gasteiger partial charge in [-0.3, -0.25) is 14.5 Å². The number of ether oxygens (including phenoxy) is 1. The van der Waals surface area contributed by atoms with Gasteiger partial charge < -0.3 is 9.15 Å². The predicted molar refractivity (Wildman–Crippen MR) is 122 cm³/mol. The van der Waals surface area contributed by atoms with Crippen LogP contribution < -0.4 is 5.63 Å². The number of carbonyl (C=O) groups is 3. The zero-order chi connectivity index (χ0) is 23.9. The van der Waals surface area contributed by atoms with Gasteiger partial charge in [0.1, 0.15) is 18.2 Å². The van der Waals surface area contributed by atoms with Crippen LogP contribution in [0, 0.1) is 19.8 Å². The lowest BCUT2D eigenvalue weighted by Gasteiger charge is -2.26. The minimum absolute atomic E-state index is 0.0297. The van der Waals surface area contributed by atoms with Gasteiger partial charge in [-0.05, 0) is 49.4 Å². The maximum absolute atomic E-state index is 13.2. The number of aryl methyl sites for hydroxylation is 2. The van der Waals surface area contributed by atoms with Gasteiger partial charge in [0.2, 0.25) is 0 Å². The summed E-state index contributed by atoms with van der Waals surface area (Å²) in [5, 5.41) is 0.673. The topological polar surface area (TPSA) is 93.9 Å². The summed E-state index contributed by atoms with van der Waals surface area (Å²) in [6, 6.07) is 10.5. The van der Waals surface area contributed by atoms with Crippen LogP contribution in [0.4, 0.5) is 0 Å². The molecule has 0 fully saturated rings. The lowest BCUT2D eigenvalue weighted by molar-refractivity contribution is -0.150. The Labute approximate surface area is 191 Å². The van der Waals surface area contributed by atoms with E-state index < -0.39 is 29.5 Å². The highest BCUT2D eigenvalue weighted by atomic mass is 16.5. The summed E-state index contributed by atoms with van der Waals surface area (Å²) in [4.78, 5) is 52.1. The molecule has 0 radical (unpaired) electrons. The third-order valence-corrected chi connectivity index (χ3v) is 5.99. The van der Waals surface area contributed by atoms with Crippen LogP contribution in [-0.2, 0) is 16.1 Å². The molecule has 0 spiro atoms. The summed E-state index contributed by atoms with van der Waals surface area (Å²) < 4.78 is 10.9. The summed E-state index contributed by atoms with van der Waals surface area (Å²) in [7, 11) is 0. The van der Waals surface area contributed by atoms with E-state index in [2.05, 4.69) is 0 Å². The van der Waals surface area contributed by atoms with Gasteiger partial charge in [-0.25, -0.2) is 9.59 Å². The standard InChI is InChI=1S/C26H25NO6/c1-14(2)11-21(27-24(29)19-7-5-6-8-20(19)25(27)30)26(31)32-13-17-12-22(28)33-23-16(4)15(3)9-10-18(17)23/h5-10,12,14,21H,11,13H2,1-4H3. The number of carbonyl (C=O) groups excluding carboxylic acids is 3. The molecule has 7 heteroatoms. The molecule has 0 saturated carbocycles. The Balaban J connectivity index is 1.63. The maximum Gasteiger partial charge on any atom is 0.336 e. The summed E-state index contributed by atoms with van der Waals surface area (Å²) in [6.45, 7) is 7.40. The van der Waals surface area contributed by atoms with Crippen molar-refractivity contribution in [3.8, 4) is 0 Å². The SMILES string of the molecule is Cc1ccc2c(COC(=O)C(CC(C)C)N3C(=O)c4ccccc4C3=O)cc(=O)oc2c1C. The number of amides is 2. The van der Waals surface area contributed by atoms with Gasteiger partial charge in [0.05, 0.1) is 11.1 Å². The number of esters is 1. The number of rotatable bonds is 6. The van der Waals surface area contributed by atoms with E-state index in [4.69, 9.17) is 9.15 Å². The summed E-state index contributed by atoms with van der Waals surface area (Å²) in [5.41, 5.74) is 2.78. The Bertz CT molecular complexity index is 1300. The van der Waals surface area contributed by atoms with E-state index in [-0.39, 0.29) is 30.1 Å². The Morgan fingerprint density at radius 3 is 2.24 bits per heavy atom. The van der Waals surface area contributed by atoms with Crippen molar-refractivity contribution in [3.05, 3.63) is 80.7 Å². The van der Waals surface area contributed by atoms with Crippen LogP contribution >= 0.6 is 0 Å².